The van der Waals surface area contributed by atoms with E-state index in [1.54, 1.807) is 10.7 Å². The Morgan fingerprint density at radius 2 is 2.19 bits per heavy atom. The number of nitrogens with zero attached hydrogens (tertiary/aromatic N) is 3. The molecule has 3 rings (SSSR count). The van der Waals surface area contributed by atoms with Gasteiger partial charge in [0.25, 0.3) is 0 Å². The van der Waals surface area contributed by atoms with Gasteiger partial charge in [0.15, 0.2) is 6.71 Å². The van der Waals surface area contributed by atoms with E-state index in [0.29, 0.717) is 28.7 Å². The highest BCUT2D eigenvalue weighted by Crippen LogP contribution is 2.27. The molecule has 3 aromatic heterocycles. The van der Waals surface area contributed by atoms with Gasteiger partial charge < -0.3 is 9.84 Å². The zero-order chi connectivity index (χ0) is 18.7. The smallest absolute Gasteiger partial charge is 0.174 e. The van der Waals surface area contributed by atoms with E-state index < -0.39 is 11.9 Å². The van der Waals surface area contributed by atoms with Crippen LogP contribution in [0.5, 0.6) is 5.75 Å². The van der Waals surface area contributed by atoms with Crippen LogP contribution in [-0.4, -0.2) is 33.0 Å². The molecule has 0 radical (unpaired) electrons. The fourth-order valence-corrected chi connectivity index (χ4v) is 3.11. The van der Waals surface area contributed by atoms with Crippen molar-refractivity contribution in [2.75, 3.05) is 6.61 Å². The third kappa shape index (κ3) is 3.99. The first kappa shape index (κ1) is 18.7. The van der Waals surface area contributed by atoms with E-state index in [1.165, 1.54) is 12.1 Å². The lowest BCUT2D eigenvalue weighted by atomic mass is 9.45. The Labute approximate surface area is 156 Å². The number of aliphatic hydroxyl groups excluding tert-OH is 1. The molecule has 0 saturated heterocycles. The van der Waals surface area contributed by atoms with Crippen LogP contribution in [-0.2, 0) is 0 Å². The van der Waals surface area contributed by atoms with Crippen LogP contribution in [0.4, 0.5) is 4.39 Å². The lowest BCUT2D eigenvalue weighted by Gasteiger charge is -2.15. The number of aromatic nitrogens is 3. The van der Waals surface area contributed by atoms with Gasteiger partial charge in [0.2, 0.25) is 0 Å². The highest BCUT2D eigenvalue weighted by Gasteiger charge is 2.18. The monoisotopic (exact) mass is 375 g/mol. The van der Waals surface area contributed by atoms with Gasteiger partial charge in [-0.2, -0.15) is 5.10 Å². The third-order valence-electron chi connectivity index (χ3n) is 4.33. The molecule has 0 aliphatic heterocycles. The predicted octanol–water partition coefficient (Wildman–Crippen LogP) is 3.38. The number of aliphatic hydroxyl groups is 1. The molecule has 0 aliphatic rings. The summed E-state index contributed by atoms with van der Waals surface area (Å²) in [6.45, 7) is 4.61. The van der Waals surface area contributed by atoms with E-state index in [9.17, 15) is 9.50 Å². The Balaban J connectivity index is 1.85. The van der Waals surface area contributed by atoms with Crippen molar-refractivity contribution < 1.29 is 14.2 Å². The second-order valence-corrected chi connectivity index (χ2v) is 6.75. The highest BCUT2D eigenvalue weighted by molar-refractivity contribution is 6.72. The SMILES string of the molecule is CCCB(C)c1cc(OCC(O)c2ccc(F)cn2)c2c(Cl)cnn2c1. The van der Waals surface area contributed by atoms with E-state index in [-0.39, 0.29) is 6.61 Å². The van der Waals surface area contributed by atoms with Crippen molar-refractivity contribution in [1.82, 2.24) is 14.6 Å². The second kappa shape index (κ2) is 8.06. The molecule has 0 amide bonds. The van der Waals surface area contributed by atoms with Gasteiger partial charge in [0.05, 0.1) is 23.1 Å². The molecule has 5 nitrogen and oxygen atoms in total. The first-order valence-corrected chi connectivity index (χ1v) is 8.96. The minimum absolute atomic E-state index is 0.0264. The van der Waals surface area contributed by atoms with E-state index in [0.717, 1.165) is 24.4 Å². The number of hydrogen-bond donors (Lipinski definition) is 1. The summed E-state index contributed by atoms with van der Waals surface area (Å²) in [6, 6.07) is 4.63. The Morgan fingerprint density at radius 1 is 1.38 bits per heavy atom. The zero-order valence-corrected chi connectivity index (χ0v) is 15.4. The molecule has 1 atom stereocenters. The average Bonchev–Trinajstić information content (AvgIpc) is 3.01. The maximum atomic E-state index is 13.0. The molecule has 3 aromatic rings. The van der Waals surface area contributed by atoms with Crippen LogP contribution in [0.2, 0.25) is 18.2 Å². The fraction of sp³-hybridized carbons (Fsp3) is 0.333. The van der Waals surface area contributed by atoms with Crippen molar-refractivity contribution in [3.8, 4) is 5.75 Å². The van der Waals surface area contributed by atoms with E-state index >= 15 is 0 Å². The lowest BCUT2D eigenvalue weighted by Crippen LogP contribution is -2.27. The molecule has 1 N–H and O–H groups in total. The summed E-state index contributed by atoms with van der Waals surface area (Å²) in [4.78, 5) is 3.88. The second-order valence-electron chi connectivity index (χ2n) is 6.34. The maximum Gasteiger partial charge on any atom is 0.174 e. The largest absolute Gasteiger partial charge is 0.488 e. The van der Waals surface area contributed by atoms with Crippen LogP contribution in [0.3, 0.4) is 0 Å². The van der Waals surface area contributed by atoms with Gasteiger partial charge in [-0.05, 0) is 18.2 Å². The topological polar surface area (TPSA) is 59.7 Å². The molecule has 1 unspecified atom stereocenters. The van der Waals surface area contributed by atoms with Crippen molar-refractivity contribution in [3.63, 3.8) is 0 Å². The fourth-order valence-electron chi connectivity index (χ4n) is 2.89. The van der Waals surface area contributed by atoms with Crippen molar-refractivity contribution in [2.24, 2.45) is 0 Å². The molecule has 26 heavy (non-hydrogen) atoms. The number of fused-ring (bicyclic) bond motifs is 1. The Bertz CT molecular complexity index is 888. The van der Waals surface area contributed by atoms with E-state index in [1.807, 2.05) is 12.3 Å². The minimum atomic E-state index is -0.978. The Kier molecular flexibility index (Phi) is 5.78. The summed E-state index contributed by atoms with van der Waals surface area (Å²) in [7, 11) is 0. The third-order valence-corrected chi connectivity index (χ3v) is 4.61. The molecule has 136 valence electrons. The van der Waals surface area contributed by atoms with Crippen LogP contribution < -0.4 is 10.2 Å². The van der Waals surface area contributed by atoms with Crippen molar-refractivity contribution in [2.45, 2.75) is 32.6 Å². The maximum absolute atomic E-state index is 13.0. The van der Waals surface area contributed by atoms with Crippen LogP contribution >= 0.6 is 11.6 Å². The number of rotatable bonds is 7. The predicted molar refractivity (Wildman–Crippen MR) is 101 cm³/mol. The van der Waals surface area contributed by atoms with Gasteiger partial charge in [-0.25, -0.2) is 8.91 Å². The van der Waals surface area contributed by atoms with E-state index in [4.69, 9.17) is 16.3 Å². The molecule has 0 bridgehead atoms. The summed E-state index contributed by atoms with van der Waals surface area (Å²) < 4.78 is 20.5. The summed E-state index contributed by atoms with van der Waals surface area (Å²) in [6.07, 6.45) is 5.72. The molecule has 0 fully saturated rings. The van der Waals surface area contributed by atoms with Gasteiger partial charge in [-0.15, -0.1) is 0 Å². The van der Waals surface area contributed by atoms with Crippen molar-refractivity contribution >= 4 is 29.3 Å². The number of hydrogen-bond acceptors (Lipinski definition) is 4. The van der Waals surface area contributed by atoms with Gasteiger partial charge in [0, 0.05) is 6.20 Å². The number of halogens is 2. The summed E-state index contributed by atoms with van der Waals surface area (Å²) in [5.41, 5.74) is 2.08. The molecule has 0 spiro atoms. The zero-order valence-electron chi connectivity index (χ0n) is 14.7. The first-order chi connectivity index (χ1) is 12.5. The average molecular weight is 376 g/mol. The normalized spacial score (nSPS) is 12.3. The quantitative estimate of drug-likeness (QED) is 0.643. The van der Waals surface area contributed by atoms with Crippen LogP contribution in [0, 0.1) is 5.82 Å². The number of ether oxygens (including phenoxy) is 1. The van der Waals surface area contributed by atoms with Gasteiger partial charge in [-0.1, -0.05) is 43.6 Å². The highest BCUT2D eigenvalue weighted by atomic mass is 35.5. The molecule has 0 saturated carbocycles. The molecule has 3 heterocycles. The van der Waals surface area contributed by atoms with E-state index in [2.05, 4.69) is 23.8 Å². The summed E-state index contributed by atoms with van der Waals surface area (Å²) in [5, 5.41) is 15.0. The standard InChI is InChI=1S/C18H20BClFN3O2/c1-3-6-19(2)12-7-17(18-14(20)9-23-24(18)10-12)26-11-16(25)15-5-4-13(21)8-22-15/h4-5,7-10,16,25H,3,6,11H2,1-2H3. The van der Waals surface area contributed by atoms with Gasteiger partial charge in [-0.3, -0.25) is 4.98 Å². The molecular weight excluding hydrogens is 355 g/mol. The van der Waals surface area contributed by atoms with Crippen LogP contribution in [0.25, 0.3) is 5.52 Å². The van der Waals surface area contributed by atoms with Crippen LogP contribution in [0.15, 0.2) is 36.8 Å². The van der Waals surface area contributed by atoms with Gasteiger partial charge >= 0.3 is 0 Å². The first-order valence-electron chi connectivity index (χ1n) is 8.58. The van der Waals surface area contributed by atoms with Crippen molar-refractivity contribution in [1.29, 1.82) is 0 Å². The van der Waals surface area contributed by atoms with Crippen LogP contribution in [0.1, 0.15) is 25.1 Å². The van der Waals surface area contributed by atoms with Gasteiger partial charge in [0.1, 0.15) is 29.8 Å². The van der Waals surface area contributed by atoms with Crippen molar-refractivity contribution in [3.05, 3.63) is 53.3 Å². The summed E-state index contributed by atoms with van der Waals surface area (Å²) >= 11 is 6.24. The Hall–Kier alpha value is -2.12. The minimum Gasteiger partial charge on any atom is -0.488 e. The molecule has 8 heteroatoms. The lowest BCUT2D eigenvalue weighted by molar-refractivity contribution is 0.105. The summed E-state index contributed by atoms with van der Waals surface area (Å²) in [5.74, 6) is 0.0985. The number of pyridine rings is 2. The Morgan fingerprint density at radius 3 is 2.88 bits per heavy atom. The molecular formula is C18H20BClFN3O2. The molecule has 0 aliphatic carbocycles. The molecule has 0 aromatic carbocycles.